The Hall–Kier alpha value is -0.430. The maximum atomic E-state index is 10.9. The molecule has 1 saturated heterocycles. The van der Waals surface area contributed by atoms with Gasteiger partial charge in [0.1, 0.15) is 0 Å². The van der Waals surface area contributed by atoms with Crippen molar-refractivity contribution in [1.29, 1.82) is 0 Å². The molecule has 2 unspecified atom stereocenters. The Kier molecular flexibility index (Phi) is 4.42. The summed E-state index contributed by atoms with van der Waals surface area (Å²) >= 11 is 3.37. The lowest BCUT2D eigenvalue weighted by atomic mass is 9.93. The van der Waals surface area contributed by atoms with Crippen LogP contribution in [0.25, 0.3) is 0 Å². The molecule has 6 heteroatoms. The normalized spacial score (nSPS) is 25.0. The summed E-state index contributed by atoms with van der Waals surface area (Å²) in [4.78, 5) is 0. The Balaban J connectivity index is 2.04. The molecule has 1 fully saturated rings. The third-order valence-electron chi connectivity index (χ3n) is 3.08. The maximum Gasteiger partial charge on any atom is 0.265 e. The maximum absolute atomic E-state index is 10.9. The largest absolute Gasteiger partial charge is 0.374 e. The number of hydrogen-bond donors (Lipinski definition) is 1. The van der Waals surface area contributed by atoms with E-state index in [2.05, 4.69) is 15.9 Å². The van der Waals surface area contributed by atoms with E-state index in [1.165, 1.54) is 0 Å². The first-order chi connectivity index (χ1) is 8.44. The summed E-state index contributed by atoms with van der Waals surface area (Å²) in [7, 11) is -3.90. The quantitative estimate of drug-likeness (QED) is 0.863. The predicted octanol–water partition coefficient (Wildman–Crippen LogP) is 2.80. The van der Waals surface area contributed by atoms with Gasteiger partial charge in [0.25, 0.3) is 10.1 Å². The van der Waals surface area contributed by atoms with E-state index >= 15 is 0 Å². The summed E-state index contributed by atoms with van der Waals surface area (Å²) in [6.45, 7) is 0.529. The molecule has 1 aliphatic rings. The molecular formula is C12H15BrO4S. The summed E-state index contributed by atoms with van der Waals surface area (Å²) in [5.74, 6) is -0.217. The van der Waals surface area contributed by atoms with Crippen LogP contribution in [0.2, 0.25) is 0 Å². The molecule has 100 valence electrons. The zero-order chi connectivity index (χ0) is 13.2. The predicted molar refractivity (Wildman–Crippen MR) is 72.0 cm³/mol. The zero-order valence-corrected chi connectivity index (χ0v) is 12.2. The van der Waals surface area contributed by atoms with Gasteiger partial charge in [-0.1, -0.05) is 28.1 Å². The number of benzene rings is 1. The Morgan fingerprint density at radius 3 is 2.61 bits per heavy atom. The van der Waals surface area contributed by atoms with E-state index < -0.39 is 10.1 Å². The van der Waals surface area contributed by atoms with Crippen molar-refractivity contribution in [3.05, 3.63) is 34.3 Å². The van der Waals surface area contributed by atoms with E-state index in [0.717, 1.165) is 10.0 Å². The second-order valence-corrected chi connectivity index (χ2v) is 6.96. The van der Waals surface area contributed by atoms with Crippen molar-refractivity contribution in [1.82, 2.24) is 0 Å². The molecule has 0 aliphatic carbocycles. The van der Waals surface area contributed by atoms with Crippen molar-refractivity contribution in [2.24, 2.45) is 5.92 Å². The molecule has 18 heavy (non-hydrogen) atoms. The average molecular weight is 335 g/mol. The van der Waals surface area contributed by atoms with Crippen LogP contribution in [0.4, 0.5) is 0 Å². The molecule has 2 atom stereocenters. The molecule has 1 aliphatic heterocycles. The molecule has 2 rings (SSSR count). The molecule has 0 amide bonds. The summed E-state index contributed by atoms with van der Waals surface area (Å²) in [6, 6.07) is 7.80. The van der Waals surface area contributed by atoms with Crippen LogP contribution in [-0.4, -0.2) is 25.3 Å². The lowest BCUT2D eigenvalue weighted by Crippen LogP contribution is -2.25. The highest BCUT2D eigenvalue weighted by Gasteiger charge is 2.27. The van der Waals surface area contributed by atoms with E-state index in [1.807, 2.05) is 24.3 Å². The minimum atomic E-state index is -3.90. The van der Waals surface area contributed by atoms with Crippen molar-refractivity contribution >= 4 is 26.0 Å². The molecule has 0 aromatic heterocycles. The topological polar surface area (TPSA) is 63.6 Å². The van der Waals surface area contributed by atoms with Crippen LogP contribution >= 0.6 is 15.9 Å². The summed E-state index contributed by atoms with van der Waals surface area (Å²) in [5.41, 5.74) is 1.04. The van der Waals surface area contributed by atoms with Crippen LogP contribution in [0.1, 0.15) is 24.5 Å². The van der Waals surface area contributed by atoms with Crippen molar-refractivity contribution in [3.63, 3.8) is 0 Å². The zero-order valence-electron chi connectivity index (χ0n) is 9.75. The van der Waals surface area contributed by atoms with Crippen LogP contribution in [-0.2, 0) is 14.9 Å². The highest BCUT2D eigenvalue weighted by molar-refractivity contribution is 9.10. The molecule has 0 radical (unpaired) electrons. The molecular weight excluding hydrogens is 320 g/mol. The van der Waals surface area contributed by atoms with Gasteiger partial charge in [-0.25, -0.2) is 0 Å². The molecule has 1 aromatic rings. The highest BCUT2D eigenvalue weighted by Crippen LogP contribution is 2.32. The SMILES string of the molecule is O=S(=O)(O)CC1CCOC(c2ccc(Br)cc2)C1. The van der Waals surface area contributed by atoms with Gasteiger partial charge in [0.05, 0.1) is 11.9 Å². The molecule has 1 aromatic carbocycles. The molecule has 0 bridgehead atoms. The van der Waals surface area contributed by atoms with Crippen molar-refractivity contribution in [2.75, 3.05) is 12.4 Å². The van der Waals surface area contributed by atoms with Gasteiger partial charge in [-0.2, -0.15) is 8.42 Å². The average Bonchev–Trinajstić information content (AvgIpc) is 2.28. The first kappa shape index (κ1) is 14.0. The second-order valence-electron chi connectivity index (χ2n) is 4.55. The first-order valence-electron chi connectivity index (χ1n) is 5.76. The second kappa shape index (κ2) is 5.69. The standard InChI is InChI=1S/C12H15BrO4S/c13-11-3-1-10(2-4-11)12-7-9(5-6-17-12)8-18(14,15)16/h1-4,9,12H,5-8H2,(H,14,15,16). The number of halogens is 1. The lowest BCUT2D eigenvalue weighted by molar-refractivity contribution is -0.00588. The van der Waals surface area contributed by atoms with Gasteiger partial charge in [0.2, 0.25) is 0 Å². The van der Waals surface area contributed by atoms with E-state index in [-0.39, 0.29) is 17.8 Å². The fourth-order valence-electron chi connectivity index (χ4n) is 2.22. The van der Waals surface area contributed by atoms with Gasteiger partial charge in [-0.05, 0) is 36.5 Å². The minimum absolute atomic E-state index is 0.0394. The minimum Gasteiger partial charge on any atom is -0.374 e. The van der Waals surface area contributed by atoms with Gasteiger partial charge in [-0.3, -0.25) is 4.55 Å². The van der Waals surface area contributed by atoms with Gasteiger partial charge in [-0.15, -0.1) is 0 Å². The Morgan fingerprint density at radius 1 is 1.33 bits per heavy atom. The lowest BCUT2D eigenvalue weighted by Gasteiger charge is -2.29. The smallest absolute Gasteiger partial charge is 0.265 e. The van der Waals surface area contributed by atoms with Crippen LogP contribution in [0.15, 0.2) is 28.7 Å². The third-order valence-corrected chi connectivity index (χ3v) is 4.50. The van der Waals surface area contributed by atoms with E-state index in [4.69, 9.17) is 9.29 Å². The summed E-state index contributed by atoms with van der Waals surface area (Å²) in [6.07, 6.45) is 1.22. The van der Waals surface area contributed by atoms with E-state index in [0.29, 0.717) is 19.4 Å². The Labute approximate surface area is 115 Å². The van der Waals surface area contributed by atoms with Gasteiger partial charge in [0.15, 0.2) is 0 Å². The highest BCUT2D eigenvalue weighted by atomic mass is 79.9. The van der Waals surface area contributed by atoms with Gasteiger partial charge in [0, 0.05) is 11.1 Å². The molecule has 1 N–H and O–H groups in total. The summed E-state index contributed by atoms with van der Waals surface area (Å²) < 4.78 is 37.3. The molecule has 4 nitrogen and oxygen atoms in total. The van der Waals surface area contributed by atoms with Gasteiger partial charge >= 0.3 is 0 Å². The van der Waals surface area contributed by atoms with Crippen molar-refractivity contribution in [2.45, 2.75) is 18.9 Å². The fraction of sp³-hybridized carbons (Fsp3) is 0.500. The van der Waals surface area contributed by atoms with Gasteiger partial charge < -0.3 is 4.74 Å². The summed E-state index contributed by atoms with van der Waals surface area (Å²) in [5, 5.41) is 0. The van der Waals surface area contributed by atoms with Crippen molar-refractivity contribution in [3.8, 4) is 0 Å². The number of rotatable bonds is 3. The first-order valence-corrected chi connectivity index (χ1v) is 8.16. The third kappa shape index (κ3) is 4.05. The molecule has 1 heterocycles. The number of hydrogen-bond acceptors (Lipinski definition) is 3. The van der Waals surface area contributed by atoms with Crippen LogP contribution in [0.3, 0.4) is 0 Å². The molecule has 0 saturated carbocycles. The van der Waals surface area contributed by atoms with E-state index in [1.54, 1.807) is 0 Å². The fourth-order valence-corrected chi connectivity index (χ4v) is 3.39. The van der Waals surface area contributed by atoms with Crippen molar-refractivity contribution < 1.29 is 17.7 Å². The molecule has 0 spiro atoms. The monoisotopic (exact) mass is 334 g/mol. The van der Waals surface area contributed by atoms with Crippen LogP contribution in [0.5, 0.6) is 0 Å². The van der Waals surface area contributed by atoms with E-state index in [9.17, 15) is 8.42 Å². The van der Waals surface area contributed by atoms with Crippen LogP contribution < -0.4 is 0 Å². The number of ether oxygens (including phenoxy) is 1. The Morgan fingerprint density at radius 2 is 2.00 bits per heavy atom. The van der Waals surface area contributed by atoms with Crippen LogP contribution in [0, 0.1) is 5.92 Å². The Bertz CT molecular complexity index is 497.